The quantitative estimate of drug-likeness (QED) is 0.674. The van der Waals surface area contributed by atoms with E-state index < -0.39 is 24.0 Å². The fourth-order valence-electron chi connectivity index (χ4n) is 3.21. The lowest BCUT2D eigenvalue weighted by atomic mass is 10.0. The molecule has 1 aromatic rings. The van der Waals surface area contributed by atoms with Gasteiger partial charge in [0.25, 0.3) is 0 Å². The third-order valence-electron chi connectivity index (χ3n) is 4.33. The summed E-state index contributed by atoms with van der Waals surface area (Å²) in [5.74, 6) is -1.14. The summed E-state index contributed by atoms with van der Waals surface area (Å²) in [4.78, 5) is 36.9. The average molecular weight is 347 g/mol. The van der Waals surface area contributed by atoms with E-state index in [0.717, 1.165) is 0 Å². The molecule has 0 radical (unpaired) electrons. The third kappa shape index (κ3) is 3.62. The number of carbonyl (C=O) groups is 3. The van der Waals surface area contributed by atoms with Gasteiger partial charge in [0, 0.05) is 18.7 Å². The third-order valence-corrected chi connectivity index (χ3v) is 4.33. The van der Waals surface area contributed by atoms with E-state index >= 15 is 0 Å². The normalized spacial score (nSPS) is 23.3. The molecule has 1 aromatic carbocycles. The van der Waals surface area contributed by atoms with Crippen LogP contribution in [0.15, 0.2) is 30.4 Å². The van der Waals surface area contributed by atoms with E-state index in [1.54, 1.807) is 18.2 Å². The van der Waals surface area contributed by atoms with Crippen molar-refractivity contribution in [3.05, 3.63) is 41.7 Å². The van der Waals surface area contributed by atoms with Crippen molar-refractivity contribution >= 4 is 23.6 Å². The van der Waals surface area contributed by atoms with Crippen LogP contribution >= 0.6 is 0 Å². The van der Waals surface area contributed by atoms with Gasteiger partial charge in [-0.3, -0.25) is 14.5 Å². The van der Waals surface area contributed by atoms with E-state index in [1.165, 1.54) is 17.0 Å². The first-order valence-corrected chi connectivity index (χ1v) is 8.00. The summed E-state index contributed by atoms with van der Waals surface area (Å²) >= 11 is 0. The fraction of sp³-hybridized carbons (Fsp3) is 0.353. The molecule has 0 unspecified atom stereocenters. The molecule has 25 heavy (non-hydrogen) atoms. The minimum atomic E-state index is -1.22. The number of carbonyl (C=O) groups excluding carboxylic acids is 2. The number of fused-ring (bicyclic) bond motifs is 4. The molecule has 0 aliphatic carbocycles. The molecule has 3 amide bonds. The summed E-state index contributed by atoms with van der Waals surface area (Å²) in [7, 11) is 0. The number of benzene rings is 1. The highest BCUT2D eigenvalue weighted by molar-refractivity contribution is 6.03. The monoisotopic (exact) mass is 347 g/mol. The summed E-state index contributed by atoms with van der Waals surface area (Å²) in [6, 6.07) is 2.63. The molecule has 1 fully saturated rings. The molecular weight excluding hydrogens is 329 g/mol. The van der Waals surface area contributed by atoms with Crippen molar-refractivity contribution in [2.45, 2.75) is 31.3 Å². The molecule has 132 valence electrons. The van der Waals surface area contributed by atoms with Crippen LogP contribution in [0.5, 0.6) is 0 Å². The van der Waals surface area contributed by atoms with Crippen LogP contribution in [-0.2, 0) is 9.59 Å². The Bertz CT molecular complexity index is 749. The first-order chi connectivity index (χ1) is 12.0. The molecule has 3 N–H and O–H groups in total. The van der Waals surface area contributed by atoms with Gasteiger partial charge in [-0.05, 0) is 36.6 Å². The molecule has 2 aliphatic rings. The van der Waals surface area contributed by atoms with Crippen molar-refractivity contribution in [2.75, 3.05) is 11.4 Å². The van der Waals surface area contributed by atoms with Crippen molar-refractivity contribution in [3.63, 3.8) is 0 Å². The Labute approximate surface area is 143 Å². The molecule has 3 rings (SSSR count). The predicted molar refractivity (Wildman–Crippen MR) is 87.6 cm³/mol. The van der Waals surface area contributed by atoms with Crippen LogP contribution in [0, 0.1) is 5.82 Å². The predicted octanol–water partition coefficient (Wildman–Crippen LogP) is 1.71. The smallest absolute Gasteiger partial charge is 0.405 e. The van der Waals surface area contributed by atoms with Gasteiger partial charge in [0.1, 0.15) is 11.9 Å². The van der Waals surface area contributed by atoms with Crippen LogP contribution in [0.3, 0.4) is 0 Å². The number of rotatable bonds is 1. The largest absolute Gasteiger partial charge is 0.465 e. The second-order valence-electron chi connectivity index (χ2n) is 6.02. The Kier molecular flexibility index (Phi) is 4.69. The standard InChI is InChI=1S/C17H18FN3O4/c18-11-7-10-8-12(9-11)21-14(4-5-15(21)22)16(23)19-6-2-1-3-13(10)20-17(24)25/h1-2,7-9,13-14,20H,3-6H2,(H,19,23)(H,24,25)/t13-,14+/m0/s1. The molecule has 2 heterocycles. The van der Waals surface area contributed by atoms with Crippen molar-refractivity contribution in [1.82, 2.24) is 10.6 Å². The zero-order valence-corrected chi connectivity index (χ0v) is 13.4. The van der Waals surface area contributed by atoms with Gasteiger partial charge in [-0.15, -0.1) is 0 Å². The van der Waals surface area contributed by atoms with E-state index in [0.29, 0.717) is 18.4 Å². The van der Waals surface area contributed by atoms with Crippen LogP contribution in [0.4, 0.5) is 14.9 Å². The highest BCUT2D eigenvalue weighted by Crippen LogP contribution is 2.31. The van der Waals surface area contributed by atoms with Gasteiger partial charge in [0.2, 0.25) is 11.8 Å². The van der Waals surface area contributed by atoms with Crippen molar-refractivity contribution in [3.8, 4) is 0 Å². The number of hydrogen-bond acceptors (Lipinski definition) is 3. The Morgan fingerprint density at radius 2 is 2.08 bits per heavy atom. The average Bonchev–Trinajstić information content (AvgIpc) is 2.93. The SMILES string of the molecule is O=C(O)N[C@H]1CC=CCNC(=O)[C@H]2CCC(=O)N2c2cc(F)cc1c2. The highest BCUT2D eigenvalue weighted by atomic mass is 19.1. The van der Waals surface area contributed by atoms with Gasteiger partial charge in [0.15, 0.2) is 0 Å². The molecule has 2 aliphatic heterocycles. The van der Waals surface area contributed by atoms with Gasteiger partial charge >= 0.3 is 6.09 Å². The Hall–Kier alpha value is -2.90. The first-order valence-electron chi connectivity index (χ1n) is 8.00. The molecule has 0 aromatic heterocycles. The number of nitrogens with zero attached hydrogens (tertiary/aromatic N) is 1. The van der Waals surface area contributed by atoms with E-state index in [1.807, 2.05) is 0 Å². The Morgan fingerprint density at radius 1 is 1.28 bits per heavy atom. The fourth-order valence-corrected chi connectivity index (χ4v) is 3.21. The highest BCUT2D eigenvalue weighted by Gasteiger charge is 2.37. The number of amides is 3. The second-order valence-corrected chi connectivity index (χ2v) is 6.02. The molecule has 1 saturated heterocycles. The Balaban J connectivity index is 2.07. The van der Waals surface area contributed by atoms with Gasteiger partial charge in [0.05, 0.1) is 6.04 Å². The molecule has 0 saturated carbocycles. The molecule has 8 heteroatoms. The van der Waals surface area contributed by atoms with E-state index in [-0.39, 0.29) is 30.5 Å². The van der Waals surface area contributed by atoms with Crippen LogP contribution in [0.1, 0.15) is 30.9 Å². The summed E-state index contributed by atoms with van der Waals surface area (Å²) in [5, 5.41) is 14.1. The van der Waals surface area contributed by atoms with Crippen LogP contribution in [0.25, 0.3) is 0 Å². The minimum Gasteiger partial charge on any atom is -0.465 e. The second kappa shape index (κ2) is 6.92. The topological polar surface area (TPSA) is 98.7 Å². The lowest BCUT2D eigenvalue weighted by Gasteiger charge is -2.26. The molecule has 7 nitrogen and oxygen atoms in total. The summed E-state index contributed by atoms with van der Waals surface area (Å²) in [6.45, 7) is 0.277. The lowest BCUT2D eigenvalue weighted by Crippen LogP contribution is -2.45. The maximum Gasteiger partial charge on any atom is 0.405 e. The van der Waals surface area contributed by atoms with E-state index in [4.69, 9.17) is 5.11 Å². The van der Waals surface area contributed by atoms with Crippen LogP contribution in [-0.4, -0.2) is 35.6 Å². The summed E-state index contributed by atoms with van der Waals surface area (Å²) < 4.78 is 14.1. The Morgan fingerprint density at radius 3 is 2.84 bits per heavy atom. The number of anilines is 1. The van der Waals surface area contributed by atoms with Crippen LogP contribution in [0.2, 0.25) is 0 Å². The zero-order chi connectivity index (χ0) is 18.0. The van der Waals surface area contributed by atoms with Gasteiger partial charge in [-0.25, -0.2) is 9.18 Å². The number of carboxylic acid groups (broad SMARTS) is 1. The maximum absolute atomic E-state index is 14.1. The summed E-state index contributed by atoms with van der Waals surface area (Å²) in [6.07, 6.45) is 3.07. The van der Waals surface area contributed by atoms with Crippen molar-refractivity contribution in [1.29, 1.82) is 0 Å². The van der Waals surface area contributed by atoms with Crippen molar-refractivity contribution < 1.29 is 23.9 Å². The molecule has 2 atom stereocenters. The van der Waals surface area contributed by atoms with Gasteiger partial charge < -0.3 is 15.7 Å². The number of halogens is 1. The molecule has 0 spiro atoms. The summed E-state index contributed by atoms with van der Waals surface area (Å²) in [5.41, 5.74) is 0.667. The van der Waals surface area contributed by atoms with Gasteiger partial charge in [-0.1, -0.05) is 12.2 Å². The van der Waals surface area contributed by atoms with E-state index in [9.17, 15) is 18.8 Å². The van der Waals surface area contributed by atoms with Crippen LogP contribution < -0.4 is 15.5 Å². The zero-order valence-electron chi connectivity index (χ0n) is 13.4. The lowest BCUT2D eigenvalue weighted by molar-refractivity contribution is -0.123. The maximum atomic E-state index is 14.1. The minimum absolute atomic E-state index is 0.205. The van der Waals surface area contributed by atoms with E-state index in [2.05, 4.69) is 10.6 Å². The van der Waals surface area contributed by atoms with Crippen molar-refractivity contribution in [2.24, 2.45) is 0 Å². The first kappa shape index (κ1) is 16.9. The molecular formula is C17H18FN3O4. The number of nitrogens with one attached hydrogen (secondary N) is 2. The molecule has 2 bridgehead atoms. The number of hydrogen-bond donors (Lipinski definition) is 3. The van der Waals surface area contributed by atoms with Gasteiger partial charge in [-0.2, -0.15) is 0 Å².